The molecule has 7 unspecified atom stereocenters. The summed E-state index contributed by atoms with van der Waals surface area (Å²) in [6.45, 7) is 7.67. The highest BCUT2D eigenvalue weighted by Gasteiger charge is 2.72. The first-order chi connectivity index (χ1) is 42.1. The van der Waals surface area contributed by atoms with Crippen LogP contribution in [0.2, 0.25) is 0 Å². The Hall–Kier alpha value is -5.10. The summed E-state index contributed by atoms with van der Waals surface area (Å²) in [7, 11) is 0. The fourth-order valence-electron chi connectivity index (χ4n) is 20.1. The van der Waals surface area contributed by atoms with Crippen LogP contribution in [0, 0.1) is 22.7 Å². The zero-order valence-corrected chi connectivity index (χ0v) is 50.3. The highest BCUT2D eigenvalue weighted by atomic mass is 16.5. The van der Waals surface area contributed by atoms with Gasteiger partial charge in [-0.3, -0.25) is 19.8 Å². The van der Waals surface area contributed by atoms with E-state index < -0.39 is 52.2 Å². The van der Waals surface area contributed by atoms with Crippen molar-refractivity contribution in [1.82, 2.24) is 39.5 Å². The Bertz CT molecular complexity index is 3650. The number of H-pyrrole nitrogens is 2. The molecule has 0 saturated carbocycles. The molecule has 6 N–H and O–H groups in total. The molecule has 454 valence electrons. The monoisotopic (exact) mass is 1160 g/mol. The van der Waals surface area contributed by atoms with E-state index in [1.807, 2.05) is 12.4 Å². The second-order valence-corrected chi connectivity index (χ2v) is 28.5. The van der Waals surface area contributed by atoms with Gasteiger partial charge < -0.3 is 49.7 Å². The Morgan fingerprint density at radius 2 is 1.09 bits per heavy atom. The van der Waals surface area contributed by atoms with Gasteiger partial charge in [-0.25, -0.2) is 0 Å². The maximum atomic E-state index is 14.4. The van der Waals surface area contributed by atoms with Crippen LogP contribution in [0.15, 0.2) is 110 Å². The molecule has 8 aliphatic heterocycles. The number of rotatable bonds is 2. The van der Waals surface area contributed by atoms with Crippen molar-refractivity contribution < 1.29 is 29.9 Å². The first kappa shape index (κ1) is 56.2. The number of para-hydroxylation sites is 2. The van der Waals surface area contributed by atoms with Crippen molar-refractivity contribution in [1.29, 1.82) is 0 Å². The number of pyridine rings is 2. The maximum absolute atomic E-state index is 14.4. The Morgan fingerprint density at radius 1 is 0.512 bits per heavy atom. The molecule has 14 nitrogen and oxygen atoms in total. The summed E-state index contributed by atoms with van der Waals surface area (Å²) in [5.74, 6) is 0.0323. The number of ether oxygens (including phenoxy) is 2. The number of aromatic amines is 2. The highest BCUT2D eigenvalue weighted by Crippen LogP contribution is 2.66. The summed E-state index contributed by atoms with van der Waals surface area (Å²) in [5.41, 5.74) is 3.68. The van der Waals surface area contributed by atoms with Crippen LogP contribution in [0.1, 0.15) is 133 Å². The molecule has 2 aliphatic carbocycles. The molecule has 0 radical (unpaired) electrons. The molecule has 6 saturated heterocycles. The Balaban J connectivity index is 0.847. The van der Waals surface area contributed by atoms with E-state index in [2.05, 4.69) is 127 Å². The number of hydrogen-bond donors (Lipinski definition) is 6. The average molecular weight is 1160 g/mol. The number of allylic oxidation sites excluding steroid dienone is 6. The van der Waals surface area contributed by atoms with E-state index in [0.29, 0.717) is 71.1 Å². The summed E-state index contributed by atoms with van der Waals surface area (Å²) in [5, 5.41) is 59.3. The Morgan fingerprint density at radius 3 is 1.74 bits per heavy atom. The molecule has 10 bridgehead atoms. The highest BCUT2D eigenvalue weighted by molar-refractivity contribution is 6.11. The fraction of sp³-hybridized carbons (Fsp3) is 0.583. The summed E-state index contributed by atoms with van der Waals surface area (Å²) >= 11 is 0. The minimum absolute atomic E-state index is 0.0163. The van der Waals surface area contributed by atoms with Crippen molar-refractivity contribution in [3.8, 4) is 0 Å². The molecule has 0 amide bonds. The number of aliphatic hydroxyl groups excluding tert-OH is 2. The predicted octanol–water partition coefficient (Wildman–Crippen LogP) is 10.7. The molecule has 12 heterocycles. The van der Waals surface area contributed by atoms with E-state index in [0.717, 1.165) is 172 Å². The first-order valence-electron chi connectivity index (χ1n) is 33.6. The second kappa shape index (κ2) is 22.1. The third kappa shape index (κ3) is 9.22. The minimum Gasteiger partial charge on any atom is -0.390 e. The van der Waals surface area contributed by atoms with Crippen LogP contribution in [0.4, 0.5) is 0 Å². The molecule has 4 aromatic heterocycles. The zero-order valence-electron chi connectivity index (χ0n) is 50.3. The van der Waals surface area contributed by atoms with Crippen LogP contribution >= 0.6 is 0 Å². The molecule has 86 heavy (non-hydrogen) atoms. The van der Waals surface area contributed by atoms with E-state index in [-0.39, 0.29) is 23.9 Å². The van der Waals surface area contributed by atoms with Crippen molar-refractivity contribution in [3.05, 3.63) is 121 Å². The zero-order chi connectivity index (χ0) is 57.8. The number of piperidine rings is 2. The third-order valence-electron chi connectivity index (χ3n) is 23.6. The standard InChI is InChI=1S/C72H90N8O6/c81-58-22-17-37-79-40-29-61(58)86-72-32-23-60(85-47-69-46-78-36-16-8-3-1-5-13-30-70(83,66(69)79)42-53(55(69)27-39-78)63-65-51(25-34-74-63)49-19-10-12-21-57(49)76-65)59(82)28-41-80(72)67-68(44-72)45-77-35-15-7-4-2-6-14-31-71(67,84)43-52(54(68)26-38-77)62-64-50(24-33-73-62)48-18-9-11-20-56(48)75-64/h1-2,5-6,9-12,18-21,24-25,33-34,42-43,54-55,58-61,66-67,75-76,81-84H,3-4,7-8,13-17,22-23,26-32,35-41,44-47H2/b5-1-,6-2-/t54-,55-,58?,59-,60+,61?,66?,67?,68-,69+,70-,71-,72+/m0/s1. The molecule has 16 rings (SSSR count). The number of aromatic nitrogens is 4. The number of fused-ring (bicyclic) bond motifs is 13. The van der Waals surface area contributed by atoms with Crippen LogP contribution in [0.5, 0.6) is 0 Å². The average Bonchev–Trinajstić information content (AvgIpc) is 1.41. The van der Waals surface area contributed by atoms with Crippen molar-refractivity contribution in [2.75, 3.05) is 65.5 Å². The molecule has 14 heteroatoms. The summed E-state index contributed by atoms with van der Waals surface area (Å²) < 4.78 is 15.9. The number of nitrogens with zero attached hydrogens (tertiary/aromatic N) is 6. The predicted molar refractivity (Wildman–Crippen MR) is 339 cm³/mol. The normalized spacial score (nSPS) is 40.7. The van der Waals surface area contributed by atoms with Gasteiger partial charge in [-0.15, -0.1) is 0 Å². The molecule has 2 aromatic carbocycles. The van der Waals surface area contributed by atoms with E-state index in [4.69, 9.17) is 19.4 Å². The van der Waals surface area contributed by atoms with E-state index in [1.165, 1.54) is 10.8 Å². The number of hydrogen-bond acceptors (Lipinski definition) is 12. The van der Waals surface area contributed by atoms with Gasteiger partial charge in [0, 0.05) is 82.0 Å². The lowest BCUT2D eigenvalue weighted by molar-refractivity contribution is -0.227. The lowest BCUT2D eigenvalue weighted by Gasteiger charge is -2.62. The molecule has 6 aromatic rings. The smallest absolute Gasteiger partial charge is 0.123 e. The minimum atomic E-state index is -1.29. The van der Waals surface area contributed by atoms with Gasteiger partial charge in [0.2, 0.25) is 0 Å². The summed E-state index contributed by atoms with van der Waals surface area (Å²) in [6.07, 6.45) is 30.2. The largest absolute Gasteiger partial charge is 0.390 e. The van der Waals surface area contributed by atoms with Gasteiger partial charge in [-0.1, -0.05) is 60.7 Å². The van der Waals surface area contributed by atoms with Crippen molar-refractivity contribution in [3.63, 3.8) is 0 Å². The summed E-state index contributed by atoms with van der Waals surface area (Å²) in [4.78, 5) is 28.9. The molecule has 16 atom stereocenters. The second-order valence-electron chi connectivity index (χ2n) is 28.5. The van der Waals surface area contributed by atoms with Crippen LogP contribution in [-0.4, -0.2) is 179 Å². The number of nitrogens with one attached hydrogen (secondary N) is 2. The van der Waals surface area contributed by atoms with Crippen molar-refractivity contribution in [2.45, 2.75) is 175 Å². The van der Waals surface area contributed by atoms with Gasteiger partial charge in [-0.05, 0) is 214 Å². The maximum Gasteiger partial charge on any atom is 0.123 e. The first-order valence-corrected chi connectivity index (χ1v) is 33.6. The van der Waals surface area contributed by atoms with Gasteiger partial charge in [-0.2, -0.15) is 0 Å². The van der Waals surface area contributed by atoms with Gasteiger partial charge in [0.05, 0.1) is 76.7 Å². The van der Waals surface area contributed by atoms with Crippen molar-refractivity contribution in [2.24, 2.45) is 22.7 Å². The topological polar surface area (TPSA) is 170 Å². The van der Waals surface area contributed by atoms with E-state index >= 15 is 0 Å². The van der Waals surface area contributed by atoms with Crippen LogP contribution in [0.25, 0.3) is 54.8 Å². The van der Waals surface area contributed by atoms with Crippen molar-refractivity contribution >= 4 is 54.8 Å². The molecule has 6 fully saturated rings. The van der Waals surface area contributed by atoms with Gasteiger partial charge in [0.1, 0.15) is 5.72 Å². The van der Waals surface area contributed by atoms with E-state index in [1.54, 1.807) is 0 Å². The SMILES string of the molecule is OC1CCCN2CCC1O[C@@]13CC[C@@H](OC[C@]45CN6CCCC/C=C\CC[C@](O)(C=C(c7nccc8c7[nH]c7ccccc78)[C@@H]4CC6)C25)[C@@H](O)CCN1C1[C@]2(CN4CCCC/C=C\CC[C@]1(O)C=C(c1nccc5c1[nH]c1ccccc15)[C@@H]2CC4)C3. The summed E-state index contributed by atoms with van der Waals surface area (Å²) in [6, 6.07) is 20.7. The number of benzene rings is 2. The lowest BCUT2D eigenvalue weighted by Crippen LogP contribution is -2.71. The van der Waals surface area contributed by atoms with Crippen LogP contribution < -0.4 is 0 Å². The molecule has 10 aliphatic rings. The third-order valence-corrected chi connectivity index (χ3v) is 23.6. The Labute approximate surface area is 506 Å². The van der Waals surface area contributed by atoms with E-state index in [9.17, 15) is 20.4 Å². The van der Waals surface area contributed by atoms with Gasteiger partial charge >= 0.3 is 0 Å². The quantitative estimate of drug-likeness (QED) is 0.0909. The fourth-order valence-corrected chi connectivity index (χ4v) is 20.1. The number of aliphatic hydroxyl groups is 4. The Kier molecular flexibility index (Phi) is 14.5. The molecule has 3 spiro atoms. The van der Waals surface area contributed by atoms with Gasteiger partial charge in [0.25, 0.3) is 0 Å². The van der Waals surface area contributed by atoms with Crippen LogP contribution in [0.3, 0.4) is 0 Å². The van der Waals surface area contributed by atoms with Crippen LogP contribution in [-0.2, 0) is 9.47 Å². The molecular weight excluding hydrogens is 1070 g/mol. The lowest BCUT2D eigenvalue weighted by atomic mass is 9.54. The molecular formula is C72H90N8O6. The van der Waals surface area contributed by atoms with Gasteiger partial charge in [0.15, 0.2) is 0 Å².